The number of rotatable bonds is 4. The van der Waals surface area contributed by atoms with Crippen LogP contribution >= 0.6 is 11.8 Å². The molecular formula is C11H13F3N2S. The number of hydrogen-bond acceptors (Lipinski definition) is 3. The molecule has 1 aromatic heterocycles. The van der Waals surface area contributed by atoms with Gasteiger partial charge in [0, 0.05) is 17.5 Å². The van der Waals surface area contributed by atoms with Gasteiger partial charge in [-0.1, -0.05) is 0 Å². The summed E-state index contributed by atoms with van der Waals surface area (Å²) in [5.41, 5.74) is -0.663. The summed E-state index contributed by atoms with van der Waals surface area (Å²) in [5.74, 6) is 0.292. The van der Waals surface area contributed by atoms with Gasteiger partial charge in [-0.15, -0.1) is 0 Å². The molecule has 1 aromatic rings. The number of alkyl halides is 3. The predicted molar refractivity (Wildman–Crippen MR) is 63.2 cm³/mol. The molecule has 1 fully saturated rings. The van der Waals surface area contributed by atoms with Crippen LogP contribution < -0.4 is 5.32 Å². The lowest BCUT2D eigenvalue weighted by Gasteiger charge is -2.14. The average Bonchev–Trinajstić information content (AvgIpc) is 3.06. The highest BCUT2D eigenvalue weighted by Crippen LogP contribution is 2.47. The van der Waals surface area contributed by atoms with Gasteiger partial charge >= 0.3 is 6.18 Å². The lowest BCUT2D eigenvalue weighted by atomic mass is 10.2. The smallest absolute Gasteiger partial charge is 0.369 e. The van der Waals surface area contributed by atoms with Crippen molar-refractivity contribution < 1.29 is 13.2 Å². The van der Waals surface area contributed by atoms with Crippen molar-refractivity contribution >= 4 is 17.6 Å². The summed E-state index contributed by atoms with van der Waals surface area (Å²) >= 11 is 1.75. The van der Waals surface area contributed by atoms with Gasteiger partial charge in [0.1, 0.15) is 5.82 Å². The predicted octanol–water partition coefficient (Wildman–Crippen LogP) is 3.41. The molecule has 17 heavy (non-hydrogen) atoms. The number of hydrogen-bond donors (Lipinski definition) is 1. The quantitative estimate of drug-likeness (QED) is 0.900. The molecule has 1 saturated carbocycles. The molecule has 2 rings (SSSR count). The molecule has 0 unspecified atom stereocenters. The maximum absolute atomic E-state index is 12.5. The van der Waals surface area contributed by atoms with Crippen LogP contribution in [0.5, 0.6) is 0 Å². The minimum absolute atomic E-state index is 0.204. The van der Waals surface area contributed by atoms with Gasteiger partial charge in [0.2, 0.25) is 0 Å². The van der Waals surface area contributed by atoms with Crippen LogP contribution in [0.3, 0.4) is 0 Å². The summed E-state index contributed by atoms with van der Waals surface area (Å²) in [6.07, 6.45) is 1.12. The molecule has 1 aliphatic rings. The molecule has 0 radical (unpaired) electrons. The van der Waals surface area contributed by atoms with Gasteiger partial charge in [-0.25, -0.2) is 4.98 Å². The second-order valence-corrected chi connectivity index (χ2v) is 5.44. The molecule has 2 nitrogen and oxygen atoms in total. The zero-order valence-corrected chi connectivity index (χ0v) is 10.2. The van der Waals surface area contributed by atoms with Crippen molar-refractivity contribution in [3.8, 4) is 0 Å². The minimum atomic E-state index is -4.31. The van der Waals surface area contributed by atoms with E-state index >= 15 is 0 Å². The lowest BCUT2D eigenvalue weighted by Crippen LogP contribution is -2.18. The van der Waals surface area contributed by atoms with Crippen LogP contribution in [-0.2, 0) is 6.18 Å². The van der Waals surface area contributed by atoms with Gasteiger partial charge in [0.05, 0.1) is 5.56 Å². The number of nitrogens with zero attached hydrogens (tertiary/aromatic N) is 1. The average molecular weight is 262 g/mol. The van der Waals surface area contributed by atoms with E-state index in [1.54, 1.807) is 11.8 Å². The Hall–Kier alpha value is -0.910. The Morgan fingerprint density at radius 1 is 1.47 bits per heavy atom. The van der Waals surface area contributed by atoms with Crippen molar-refractivity contribution in [2.45, 2.75) is 23.8 Å². The van der Waals surface area contributed by atoms with Gasteiger partial charge in [-0.3, -0.25) is 0 Å². The second-order valence-electron chi connectivity index (χ2n) is 4.17. The van der Waals surface area contributed by atoms with Crippen molar-refractivity contribution in [1.29, 1.82) is 0 Å². The van der Waals surface area contributed by atoms with Crippen molar-refractivity contribution in [3.05, 3.63) is 23.9 Å². The van der Waals surface area contributed by atoms with E-state index in [-0.39, 0.29) is 4.75 Å². The number of nitrogens with one attached hydrogen (secondary N) is 1. The van der Waals surface area contributed by atoms with Gasteiger partial charge < -0.3 is 5.32 Å². The van der Waals surface area contributed by atoms with E-state index in [0.717, 1.165) is 25.0 Å². The maximum Gasteiger partial charge on any atom is 0.416 e. The number of thioether (sulfide) groups is 1. The molecule has 1 aliphatic carbocycles. The molecule has 1 heterocycles. The normalized spacial score (nSPS) is 17.9. The molecule has 6 heteroatoms. The van der Waals surface area contributed by atoms with E-state index in [9.17, 15) is 13.2 Å². The van der Waals surface area contributed by atoms with E-state index in [2.05, 4.69) is 10.3 Å². The van der Waals surface area contributed by atoms with E-state index in [0.29, 0.717) is 12.4 Å². The highest BCUT2D eigenvalue weighted by atomic mass is 32.2. The topological polar surface area (TPSA) is 24.9 Å². The standard InChI is InChI=1S/C11H13F3N2S/c1-17-10(3-4-10)7-16-9-6-8(2-5-15-9)11(12,13)14/h2,5-6H,3-4,7H2,1H3,(H,15,16). The Kier molecular flexibility index (Phi) is 3.25. The zero-order chi connectivity index (χ0) is 12.5. The second kappa shape index (κ2) is 4.40. The van der Waals surface area contributed by atoms with E-state index in [1.165, 1.54) is 6.20 Å². The lowest BCUT2D eigenvalue weighted by molar-refractivity contribution is -0.137. The monoisotopic (exact) mass is 262 g/mol. The van der Waals surface area contributed by atoms with Gasteiger partial charge in [-0.05, 0) is 31.2 Å². The number of anilines is 1. The molecule has 0 saturated heterocycles. The Balaban J connectivity index is 2.02. The van der Waals surface area contributed by atoms with E-state index in [4.69, 9.17) is 0 Å². The summed E-state index contributed by atoms with van der Waals surface area (Å²) < 4.78 is 37.6. The van der Waals surface area contributed by atoms with Crippen LogP contribution in [0.4, 0.5) is 19.0 Å². The molecule has 0 aromatic carbocycles. The molecule has 0 bridgehead atoms. The summed E-state index contributed by atoms with van der Waals surface area (Å²) in [4.78, 5) is 3.90. The highest BCUT2D eigenvalue weighted by molar-refractivity contribution is 8.00. The van der Waals surface area contributed by atoms with Crippen LogP contribution in [0, 0.1) is 0 Å². The van der Waals surface area contributed by atoms with Crippen molar-refractivity contribution in [2.75, 3.05) is 18.1 Å². The Bertz CT molecular complexity index is 402. The van der Waals surface area contributed by atoms with Gasteiger partial charge in [-0.2, -0.15) is 24.9 Å². The van der Waals surface area contributed by atoms with Crippen LogP contribution in [0.1, 0.15) is 18.4 Å². The van der Waals surface area contributed by atoms with Crippen molar-refractivity contribution in [3.63, 3.8) is 0 Å². The van der Waals surface area contributed by atoms with Crippen LogP contribution in [-0.4, -0.2) is 22.5 Å². The number of aromatic nitrogens is 1. The fourth-order valence-electron chi connectivity index (χ4n) is 1.55. The SMILES string of the molecule is CSC1(CNc2cc(C(F)(F)F)ccn2)CC1. The fourth-order valence-corrected chi connectivity index (χ4v) is 2.27. The maximum atomic E-state index is 12.5. The van der Waals surface area contributed by atoms with E-state index in [1.807, 2.05) is 6.26 Å². The first-order chi connectivity index (χ1) is 7.95. The zero-order valence-electron chi connectivity index (χ0n) is 9.34. The summed E-state index contributed by atoms with van der Waals surface area (Å²) in [5, 5.41) is 2.98. The third-order valence-electron chi connectivity index (χ3n) is 2.92. The molecule has 0 aliphatic heterocycles. The summed E-state index contributed by atoms with van der Waals surface area (Å²) in [6.45, 7) is 0.669. The van der Waals surface area contributed by atoms with Crippen LogP contribution in [0.25, 0.3) is 0 Å². The number of halogens is 3. The van der Waals surface area contributed by atoms with Crippen LogP contribution in [0.15, 0.2) is 18.3 Å². The Labute approximate surface area is 102 Å². The Morgan fingerprint density at radius 3 is 2.71 bits per heavy atom. The molecule has 94 valence electrons. The molecule has 0 spiro atoms. The molecular weight excluding hydrogens is 249 g/mol. The Morgan fingerprint density at radius 2 is 2.18 bits per heavy atom. The first-order valence-corrected chi connectivity index (χ1v) is 6.50. The molecule has 1 N–H and O–H groups in total. The minimum Gasteiger partial charge on any atom is -0.369 e. The van der Waals surface area contributed by atoms with Crippen molar-refractivity contribution in [1.82, 2.24) is 4.98 Å². The molecule has 0 atom stereocenters. The van der Waals surface area contributed by atoms with Crippen LogP contribution in [0.2, 0.25) is 0 Å². The van der Waals surface area contributed by atoms with Crippen molar-refractivity contribution in [2.24, 2.45) is 0 Å². The van der Waals surface area contributed by atoms with Gasteiger partial charge in [0.15, 0.2) is 0 Å². The third kappa shape index (κ3) is 3.06. The van der Waals surface area contributed by atoms with E-state index < -0.39 is 11.7 Å². The first kappa shape index (κ1) is 12.5. The fraction of sp³-hybridized carbons (Fsp3) is 0.545. The summed E-state index contributed by atoms with van der Waals surface area (Å²) in [7, 11) is 0. The largest absolute Gasteiger partial charge is 0.416 e. The first-order valence-electron chi connectivity index (χ1n) is 5.27. The summed E-state index contributed by atoms with van der Waals surface area (Å²) in [6, 6.07) is 2.03. The van der Waals surface area contributed by atoms with Gasteiger partial charge in [0.25, 0.3) is 0 Å². The number of pyridine rings is 1. The third-order valence-corrected chi connectivity index (χ3v) is 4.34. The molecule has 0 amide bonds. The highest BCUT2D eigenvalue weighted by Gasteiger charge is 2.41.